The molecular formula is C21H25O8P. The van der Waals surface area contributed by atoms with Gasteiger partial charge in [0.25, 0.3) is 0 Å². The highest BCUT2D eigenvalue weighted by Gasteiger charge is 2.46. The third-order valence-electron chi connectivity index (χ3n) is 4.29. The highest BCUT2D eigenvalue weighted by molar-refractivity contribution is 7.48. The molecule has 30 heavy (non-hydrogen) atoms. The van der Waals surface area contributed by atoms with Gasteiger partial charge in [-0.1, -0.05) is 60.7 Å². The van der Waals surface area contributed by atoms with Gasteiger partial charge in [0.2, 0.25) is 0 Å². The maximum absolute atomic E-state index is 13.2. The molecule has 0 aliphatic carbocycles. The van der Waals surface area contributed by atoms with E-state index in [9.17, 15) is 14.5 Å². The molecule has 0 radical (unpaired) electrons. The van der Waals surface area contributed by atoms with Crippen LogP contribution in [0.4, 0.5) is 0 Å². The zero-order chi connectivity index (χ0) is 21.6. The summed E-state index contributed by atoms with van der Waals surface area (Å²) in [5.41, 5.74) is 1.57. The monoisotopic (exact) mass is 436 g/mol. The van der Waals surface area contributed by atoms with Gasteiger partial charge in [-0.2, -0.15) is 0 Å². The Hall–Kier alpha value is -2.06. The molecule has 1 N–H and O–H groups in total. The van der Waals surface area contributed by atoms with Crippen molar-refractivity contribution in [1.29, 1.82) is 0 Å². The van der Waals surface area contributed by atoms with E-state index in [-0.39, 0.29) is 19.8 Å². The highest BCUT2D eigenvalue weighted by Crippen LogP contribution is 2.51. The van der Waals surface area contributed by atoms with Crippen LogP contribution in [-0.2, 0) is 45.6 Å². The van der Waals surface area contributed by atoms with E-state index in [4.69, 9.17) is 23.0 Å². The second-order valence-electron chi connectivity index (χ2n) is 7.19. The molecular weight excluding hydrogens is 411 g/mol. The molecule has 8 nitrogen and oxygen atoms in total. The van der Waals surface area contributed by atoms with E-state index in [2.05, 4.69) is 0 Å². The van der Waals surface area contributed by atoms with Crippen molar-refractivity contribution in [3.05, 3.63) is 71.8 Å². The number of aliphatic carboxylic acids is 1. The van der Waals surface area contributed by atoms with Crippen LogP contribution >= 0.6 is 7.82 Å². The molecule has 1 saturated heterocycles. The van der Waals surface area contributed by atoms with Crippen molar-refractivity contribution in [3.8, 4) is 0 Å². The van der Waals surface area contributed by atoms with Crippen LogP contribution in [0.5, 0.6) is 0 Å². The second kappa shape index (κ2) is 9.83. The van der Waals surface area contributed by atoms with Crippen LogP contribution < -0.4 is 0 Å². The lowest BCUT2D eigenvalue weighted by Gasteiger charge is -2.21. The molecule has 3 rings (SSSR count). The van der Waals surface area contributed by atoms with Crippen molar-refractivity contribution in [1.82, 2.24) is 0 Å². The number of hydrogen-bond donors (Lipinski definition) is 1. The van der Waals surface area contributed by atoms with Gasteiger partial charge in [0.15, 0.2) is 11.9 Å². The van der Waals surface area contributed by atoms with E-state index in [1.165, 1.54) is 0 Å². The fourth-order valence-corrected chi connectivity index (χ4v) is 4.07. The molecule has 0 saturated carbocycles. The van der Waals surface area contributed by atoms with Crippen LogP contribution in [0.3, 0.4) is 0 Å². The summed E-state index contributed by atoms with van der Waals surface area (Å²) in [6, 6.07) is 18.3. The summed E-state index contributed by atoms with van der Waals surface area (Å²) < 4.78 is 40.7. The second-order valence-corrected chi connectivity index (χ2v) is 8.86. The zero-order valence-electron chi connectivity index (χ0n) is 16.8. The largest absolute Gasteiger partial charge is 0.479 e. The molecule has 1 aliphatic rings. The number of carbonyl (C=O) groups is 1. The van der Waals surface area contributed by atoms with Gasteiger partial charge in [0, 0.05) is 0 Å². The Morgan fingerprint density at radius 2 is 1.43 bits per heavy atom. The van der Waals surface area contributed by atoms with Crippen molar-refractivity contribution >= 4 is 13.8 Å². The molecule has 1 aliphatic heterocycles. The smallest absolute Gasteiger partial charge is 0.475 e. The number of ether oxygens (including phenoxy) is 2. The minimum atomic E-state index is -4.03. The summed E-state index contributed by atoms with van der Waals surface area (Å²) in [6.07, 6.45) is -2.22. The normalized spacial score (nSPS) is 20.9. The van der Waals surface area contributed by atoms with Gasteiger partial charge in [-0.15, -0.1) is 0 Å². The molecule has 9 heteroatoms. The SMILES string of the molecule is CC1(C)O[C@H](C(=O)O)[C@@H](COP(=O)(OCc2ccccc2)OCc2ccccc2)O1. The average Bonchev–Trinajstić information content (AvgIpc) is 3.06. The number of benzene rings is 2. The molecule has 1 fully saturated rings. The summed E-state index contributed by atoms with van der Waals surface area (Å²) in [7, 11) is -4.03. The predicted molar refractivity (Wildman–Crippen MR) is 107 cm³/mol. The molecule has 162 valence electrons. The van der Waals surface area contributed by atoms with Gasteiger partial charge >= 0.3 is 13.8 Å². The number of carboxylic acids is 1. The first kappa shape index (κ1) is 22.6. The third-order valence-corrected chi connectivity index (χ3v) is 5.64. The number of phosphoric acid groups is 1. The van der Waals surface area contributed by atoms with Crippen molar-refractivity contribution < 1.29 is 37.5 Å². The van der Waals surface area contributed by atoms with Crippen LogP contribution in [0.15, 0.2) is 60.7 Å². The van der Waals surface area contributed by atoms with Crippen molar-refractivity contribution in [3.63, 3.8) is 0 Å². The van der Waals surface area contributed by atoms with Crippen LogP contribution in [0.2, 0.25) is 0 Å². The summed E-state index contributed by atoms with van der Waals surface area (Å²) in [4.78, 5) is 11.5. The molecule has 0 bridgehead atoms. The molecule has 0 spiro atoms. The zero-order valence-corrected chi connectivity index (χ0v) is 17.7. The maximum Gasteiger partial charge on any atom is 0.475 e. The van der Waals surface area contributed by atoms with Crippen LogP contribution in [0.1, 0.15) is 25.0 Å². The minimum absolute atomic E-state index is 0.00276. The molecule has 2 aromatic rings. The molecule has 0 aromatic heterocycles. The average molecular weight is 436 g/mol. The van der Waals surface area contributed by atoms with Crippen LogP contribution in [-0.4, -0.2) is 35.7 Å². The molecule has 1 heterocycles. The fraction of sp³-hybridized carbons (Fsp3) is 0.381. The lowest BCUT2D eigenvalue weighted by Crippen LogP contribution is -2.34. The first-order valence-electron chi connectivity index (χ1n) is 9.46. The molecule has 0 amide bonds. The Labute approximate surface area is 175 Å². The van der Waals surface area contributed by atoms with Crippen molar-refractivity contribution in [2.75, 3.05) is 6.61 Å². The van der Waals surface area contributed by atoms with E-state index in [0.717, 1.165) is 11.1 Å². The van der Waals surface area contributed by atoms with E-state index >= 15 is 0 Å². The molecule has 0 unspecified atom stereocenters. The predicted octanol–water partition coefficient (Wildman–Crippen LogP) is 4.15. The fourth-order valence-electron chi connectivity index (χ4n) is 2.90. The Balaban J connectivity index is 1.68. The summed E-state index contributed by atoms with van der Waals surface area (Å²) in [5.74, 6) is -2.30. The van der Waals surface area contributed by atoms with Gasteiger partial charge in [-0.25, -0.2) is 9.36 Å². The first-order chi connectivity index (χ1) is 14.3. The van der Waals surface area contributed by atoms with E-state index < -0.39 is 31.8 Å². The van der Waals surface area contributed by atoms with Gasteiger partial charge in [0.05, 0.1) is 19.8 Å². The molecule has 2 aromatic carbocycles. The van der Waals surface area contributed by atoms with Gasteiger partial charge in [-0.3, -0.25) is 13.6 Å². The maximum atomic E-state index is 13.2. The van der Waals surface area contributed by atoms with Gasteiger partial charge in [-0.05, 0) is 25.0 Å². The van der Waals surface area contributed by atoms with Gasteiger partial charge < -0.3 is 14.6 Å². The molecule has 2 atom stereocenters. The highest BCUT2D eigenvalue weighted by atomic mass is 31.2. The van der Waals surface area contributed by atoms with E-state index in [1.54, 1.807) is 13.8 Å². The van der Waals surface area contributed by atoms with Gasteiger partial charge in [0.1, 0.15) is 6.10 Å². The Bertz CT molecular complexity index is 824. The lowest BCUT2D eigenvalue weighted by atomic mass is 10.2. The Morgan fingerprint density at radius 3 is 1.90 bits per heavy atom. The lowest BCUT2D eigenvalue weighted by molar-refractivity contribution is -0.166. The number of rotatable bonds is 10. The number of carboxylic acid groups (broad SMARTS) is 1. The summed E-state index contributed by atoms with van der Waals surface area (Å²) in [6.45, 7) is 2.87. The van der Waals surface area contributed by atoms with Crippen molar-refractivity contribution in [2.45, 2.75) is 45.1 Å². The standard InChI is InChI=1S/C21H25O8P/c1-21(2)28-18(19(29-21)20(22)23)15-27-30(24,25-13-16-9-5-3-6-10-16)26-14-17-11-7-4-8-12-17/h3-12,18-19H,13-15H2,1-2H3,(H,22,23)/t18-,19+/m1/s1. The van der Waals surface area contributed by atoms with E-state index in [1.807, 2.05) is 60.7 Å². The van der Waals surface area contributed by atoms with E-state index in [0.29, 0.717) is 0 Å². The Kier molecular flexibility index (Phi) is 7.41. The summed E-state index contributed by atoms with van der Waals surface area (Å²) in [5, 5.41) is 9.36. The van der Waals surface area contributed by atoms with Crippen LogP contribution in [0.25, 0.3) is 0 Å². The topological polar surface area (TPSA) is 101 Å². The minimum Gasteiger partial charge on any atom is -0.479 e. The third kappa shape index (κ3) is 6.47. The first-order valence-corrected chi connectivity index (χ1v) is 10.9. The van der Waals surface area contributed by atoms with Crippen molar-refractivity contribution in [2.24, 2.45) is 0 Å². The number of hydrogen-bond acceptors (Lipinski definition) is 7. The Morgan fingerprint density at radius 1 is 0.933 bits per heavy atom. The van der Waals surface area contributed by atoms with Crippen LogP contribution in [0, 0.1) is 0 Å². The summed E-state index contributed by atoms with van der Waals surface area (Å²) >= 11 is 0. The number of phosphoric ester groups is 1. The quantitative estimate of drug-likeness (QED) is 0.555.